The molecule has 0 spiro atoms. The van der Waals surface area contributed by atoms with Crippen molar-refractivity contribution in [3.63, 3.8) is 0 Å². The van der Waals surface area contributed by atoms with Gasteiger partial charge in [0.05, 0.1) is 6.04 Å². The van der Waals surface area contributed by atoms with Gasteiger partial charge in [-0.1, -0.05) is 30.3 Å². The van der Waals surface area contributed by atoms with Gasteiger partial charge in [0.15, 0.2) is 0 Å². The van der Waals surface area contributed by atoms with Crippen LogP contribution >= 0.6 is 24.8 Å². The Morgan fingerprint density at radius 3 is 2.57 bits per heavy atom. The van der Waals surface area contributed by atoms with Crippen molar-refractivity contribution in [3.05, 3.63) is 35.9 Å². The van der Waals surface area contributed by atoms with E-state index in [2.05, 4.69) is 17.1 Å². The number of amides is 1. The normalized spacial score (nSPS) is 25.1. The molecule has 0 bridgehead atoms. The van der Waals surface area contributed by atoms with Crippen molar-refractivity contribution in [2.45, 2.75) is 56.8 Å². The summed E-state index contributed by atoms with van der Waals surface area (Å²) in [5.74, 6) is -0.0197. The van der Waals surface area contributed by atoms with E-state index in [1.54, 1.807) is 0 Å². The summed E-state index contributed by atoms with van der Waals surface area (Å²) in [4.78, 5) is 14.8. The molecule has 6 heteroatoms. The van der Waals surface area contributed by atoms with E-state index in [9.17, 15) is 4.79 Å². The lowest BCUT2D eigenvalue weighted by Crippen LogP contribution is -2.47. The third kappa shape index (κ3) is 5.35. The predicted molar refractivity (Wildman–Crippen MR) is 98.4 cm³/mol. The highest BCUT2D eigenvalue weighted by atomic mass is 35.5. The number of carbonyl (C=O) groups excluding carboxylic acids is 1. The Hall–Kier alpha value is -0.810. The molecule has 3 N–H and O–H groups in total. The summed E-state index contributed by atoms with van der Waals surface area (Å²) >= 11 is 0. The van der Waals surface area contributed by atoms with Gasteiger partial charge in [0.2, 0.25) is 5.91 Å². The standard InChI is InChI=1S/C17H25N3O.2ClH/c1-12-9-14(11-20(12)15-7-8-15)19-17(21)16(18)10-13-5-3-2-4-6-13;;/h2-6,12,14-16H,7-11,18H2,1H3,(H,19,21);2*1H. The van der Waals surface area contributed by atoms with Gasteiger partial charge >= 0.3 is 0 Å². The number of hydrogen-bond acceptors (Lipinski definition) is 3. The molecule has 1 aromatic rings. The lowest BCUT2D eigenvalue weighted by molar-refractivity contribution is -0.123. The number of nitrogens with zero attached hydrogens (tertiary/aromatic N) is 1. The second-order valence-electron chi connectivity index (χ2n) is 6.51. The predicted octanol–water partition coefficient (Wildman–Crippen LogP) is 2.14. The van der Waals surface area contributed by atoms with Crippen LogP contribution in [0.4, 0.5) is 0 Å². The maximum atomic E-state index is 12.2. The maximum Gasteiger partial charge on any atom is 0.237 e. The van der Waals surface area contributed by atoms with Crippen LogP contribution in [0.1, 0.15) is 31.7 Å². The van der Waals surface area contributed by atoms with E-state index in [0.29, 0.717) is 12.5 Å². The lowest BCUT2D eigenvalue weighted by atomic mass is 10.1. The third-order valence-electron chi connectivity index (χ3n) is 4.62. The molecule has 1 saturated heterocycles. The van der Waals surface area contributed by atoms with Crippen LogP contribution in [-0.2, 0) is 11.2 Å². The summed E-state index contributed by atoms with van der Waals surface area (Å²) in [6.45, 7) is 3.24. The summed E-state index contributed by atoms with van der Waals surface area (Å²) in [6.07, 6.45) is 4.28. The molecule has 0 aromatic heterocycles. The van der Waals surface area contributed by atoms with Gasteiger partial charge < -0.3 is 11.1 Å². The fraction of sp³-hybridized carbons (Fsp3) is 0.588. The van der Waals surface area contributed by atoms with Gasteiger partial charge in [0, 0.05) is 24.7 Å². The van der Waals surface area contributed by atoms with Gasteiger partial charge in [0.1, 0.15) is 0 Å². The van der Waals surface area contributed by atoms with Gasteiger partial charge in [-0.3, -0.25) is 9.69 Å². The Labute approximate surface area is 151 Å². The monoisotopic (exact) mass is 359 g/mol. The van der Waals surface area contributed by atoms with Crippen LogP contribution in [0.5, 0.6) is 0 Å². The zero-order valence-electron chi connectivity index (χ0n) is 13.5. The molecule has 3 unspecified atom stereocenters. The van der Waals surface area contributed by atoms with Crippen molar-refractivity contribution >= 4 is 30.7 Å². The topological polar surface area (TPSA) is 58.4 Å². The molecular weight excluding hydrogens is 333 g/mol. The maximum absolute atomic E-state index is 12.2. The van der Waals surface area contributed by atoms with Crippen molar-refractivity contribution in [1.29, 1.82) is 0 Å². The molecular formula is C17H27Cl2N3O. The van der Waals surface area contributed by atoms with Gasteiger partial charge in [0.25, 0.3) is 0 Å². The Kier molecular flexibility index (Phi) is 7.81. The van der Waals surface area contributed by atoms with Crippen molar-refractivity contribution < 1.29 is 4.79 Å². The smallest absolute Gasteiger partial charge is 0.237 e. The number of nitrogens with two attached hydrogens (primary N) is 1. The first-order valence-corrected chi connectivity index (χ1v) is 7.99. The summed E-state index contributed by atoms with van der Waals surface area (Å²) in [6, 6.07) is 11.1. The van der Waals surface area contributed by atoms with Crippen LogP contribution in [0, 0.1) is 0 Å². The summed E-state index contributed by atoms with van der Waals surface area (Å²) in [7, 11) is 0. The molecule has 1 heterocycles. The highest BCUT2D eigenvalue weighted by Crippen LogP contribution is 2.33. The zero-order valence-corrected chi connectivity index (χ0v) is 15.1. The number of rotatable bonds is 5. The number of benzene rings is 1. The SMILES string of the molecule is CC1CC(NC(=O)C(N)Cc2ccccc2)CN1C1CC1.Cl.Cl. The minimum absolute atomic E-state index is 0. The van der Waals surface area contributed by atoms with Gasteiger partial charge in [-0.15, -0.1) is 24.8 Å². The molecule has 1 amide bonds. The molecule has 2 fully saturated rings. The fourth-order valence-electron chi connectivity index (χ4n) is 3.34. The Morgan fingerprint density at radius 1 is 1.30 bits per heavy atom. The highest BCUT2D eigenvalue weighted by molar-refractivity contribution is 5.85. The summed E-state index contributed by atoms with van der Waals surface area (Å²) in [5.41, 5.74) is 7.15. The van der Waals surface area contributed by atoms with E-state index >= 15 is 0 Å². The molecule has 3 rings (SSSR count). The van der Waals surface area contributed by atoms with E-state index in [1.165, 1.54) is 12.8 Å². The first-order valence-electron chi connectivity index (χ1n) is 7.99. The zero-order chi connectivity index (χ0) is 14.8. The second-order valence-corrected chi connectivity index (χ2v) is 6.51. The van der Waals surface area contributed by atoms with E-state index in [-0.39, 0.29) is 36.8 Å². The molecule has 1 saturated carbocycles. The Morgan fingerprint density at radius 2 is 1.96 bits per heavy atom. The van der Waals surface area contributed by atoms with Crippen LogP contribution in [0.2, 0.25) is 0 Å². The first kappa shape index (κ1) is 20.2. The van der Waals surface area contributed by atoms with Crippen molar-refractivity contribution in [2.24, 2.45) is 5.73 Å². The van der Waals surface area contributed by atoms with E-state index in [1.807, 2.05) is 30.3 Å². The molecule has 1 aliphatic carbocycles. The average Bonchev–Trinajstić information content (AvgIpc) is 3.24. The van der Waals surface area contributed by atoms with E-state index < -0.39 is 6.04 Å². The highest BCUT2D eigenvalue weighted by Gasteiger charge is 2.39. The van der Waals surface area contributed by atoms with Gasteiger partial charge in [-0.05, 0) is 38.2 Å². The van der Waals surface area contributed by atoms with E-state index in [4.69, 9.17) is 5.73 Å². The molecule has 3 atom stereocenters. The Balaban J connectivity index is 0.00000132. The molecule has 130 valence electrons. The summed E-state index contributed by atoms with van der Waals surface area (Å²) < 4.78 is 0. The quantitative estimate of drug-likeness (QED) is 0.846. The van der Waals surface area contributed by atoms with Crippen LogP contribution in [0.3, 0.4) is 0 Å². The molecule has 0 radical (unpaired) electrons. The number of likely N-dealkylation sites (tertiary alicyclic amines) is 1. The number of hydrogen-bond donors (Lipinski definition) is 2. The summed E-state index contributed by atoms with van der Waals surface area (Å²) in [5, 5.41) is 3.14. The van der Waals surface area contributed by atoms with Crippen LogP contribution in [-0.4, -0.2) is 41.5 Å². The molecule has 1 aromatic carbocycles. The second kappa shape index (κ2) is 8.88. The molecule has 23 heavy (non-hydrogen) atoms. The lowest BCUT2D eigenvalue weighted by Gasteiger charge is -2.20. The van der Waals surface area contributed by atoms with Gasteiger partial charge in [-0.25, -0.2) is 0 Å². The number of carbonyl (C=O) groups is 1. The van der Waals surface area contributed by atoms with Crippen LogP contribution < -0.4 is 11.1 Å². The molecule has 1 aliphatic heterocycles. The third-order valence-corrected chi connectivity index (χ3v) is 4.62. The largest absolute Gasteiger partial charge is 0.351 e. The van der Waals surface area contributed by atoms with Crippen LogP contribution in [0.15, 0.2) is 30.3 Å². The number of halogens is 2. The first-order chi connectivity index (χ1) is 10.1. The van der Waals surface area contributed by atoms with Crippen molar-refractivity contribution in [1.82, 2.24) is 10.2 Å². The minimum atomic E-state index is -0.460. The molecule has 2 aliphatic rings. The fourth-order valence-corrected chi connectivity index (χ4v) is 3.34. The minimum Gasteiger partial charge on any atom is -0.351 e. The number of nitrogens with one attached hydrogen (secondary N) is 1. The van der Waals surface area contributed by atoms with E-state index in [0.717, 1.165) is 24.6 Å². The van der Waals surface area contributed by atoms with Gasteiger partial charge in [-0.2, -0.15) is 0 Å². The van der Waals surface area contributed by atoms with Crippen LogP contribution in [0.25, 0.3) is 0 Å². The Bertz CT molecular complexity index is 496. The van der Waals surface area contributed by atoms with Crippen molar-refractivity contribution in [3.8, 4) is 0 Å². The van der Waals surface area contributed by atoms with Crippen molar-refractivity contribution in [2.75, 3.05) is 6.54 Å². The molecule has 4 nitrogen and oxygen atoms in total. The average molecular weight is 360 g/mol.